The molecule has 4 aliphatic carbocycles. The van der Waals surface area contributed by atoms with E-state index in [9.17, 15) is 5.11 Å². The highest BCUT2D eigenvalue weighted by molar-refractivity contribution is 5.85. The predicted molar refractivity (Wildman–Crippen MR) is 112 cm³/mol. The quantitative estimate of drug-likeness (QED) is 0.314. The maximum atomic E-state index is 10.2. The van der Waals surface area contributed by atoms with Crippen LogP contribution >= 0.6 is 0 Å². The second-order valence-corrected chi connectivity index (χ2v) is 11.5. The van der Waals surface area contributed by atoms with Crippen LogP contribution < -0.4 is 0 Å². The average Bonchev–Trinajstić information content (AvgIpc) is 2.91. The summed E-state index contributed by atoms with van der Waals surface area (Å²) in [4.78, 5) is 0. The van der Waals surface area contributed by atoms with Gasteiger partial charge in [0.1, 0.15) is 0 Å². The summed E-state index contributed by atoms with van der Waals surface area (Å²) < 4.78 is 0.682. The molecule has 4 aliphatic rings. The minimum absolute atomic E-state index is 0.0972. The van der Waals surface area contributed by atoms with Gasteiger partial charge < -0.3 is 5.11 Å². The van der Waals surface area contributed by atoms with Crippen molar-refractivity contribution in [3.8, 4) is 0 Å². The maximum absolute atomic E-state index is 10.2. The summed E-state index contributed by atoms with van der Waals surface area (Å²) >= 11 is 0. The van der Waals surface area contributed by atoms with Crippen molar-refractivity contribution >= 4 is 5.71 Å². The van der Waals surface area contributed by atoms with Gasteiger partial charge in [-0.15, -0.1) is 0 Å². The summed E-state index contributed by atoms with van der Waals surface area (Å²) in [5, 5.41) is 15.2. The van der Waals surface area contributed by atoms with Crippen LogP contribution in [0.25, 0.3) is 0 Å². The summed E-state index contributed by atoms with van der Waals surface area (Å²) in [7, 11) is 6.50. The minimum atomic E-state index is -0.0972. The van der Waals surface area contributed by atoms with Crippen molar-refractivity contribution in [1.82, 2.24) is 0 Å². The van der Waals surface area contributed by atoms with E-state index in [4.69, 9.17) is 5.10 Å². The fraction of sp³-hybridized carbons (Fsp3) is 0.875. The monoisotopic (exact) mass is 373 g/mol. The van der Waals surface area contributed by atoms with E-state index >= 15 is 0 Å². The first-order valence-corrected chi connectivity index (χ1v) is 11.3. The molecule has 0 spiro atoms. The lowest BCUT2D eigenvalue weighted by molar-refractivity contribution is -0.877. The molecule has 7 atom stereocenters. The number of quaternary nitrogens is 1. The number of allylic oxidation sites excluding steroid dienone is 1. The topological polar surface area (TPSA) is 32.6 Å². The average molecular weight is 374 g/mol. The third kappa shape index (κ3) is 3.13. The number of hydrogen-bond donors (Lipinski definition) is 1. The van der Waals surface area contributed by atoms with Gasteiger partial charge in [-0.3, -0.25) is 0 Å². The Kier molecular flexibility index (Phi) is 4.67. The smallest absolute Gasteiger partial charge is 0.0923 e. The molecule has 1 N–H and O–H groups in total. The van der Waals surface area contributed by atoms with Crippen molar-refractivity contribution in [3.05, 3.63) is 11.6 Å². The van der Waals surface area contributed by atoms with E-state index in [2.05, 4.69) is 48.0 Å². The Bertz CT molecular complexity index is 660. The largest absolute Gasteiger partial charge is 0.393 e. The van der Waals surface area contributed by atoms with Crippen LogP contribution in [0.3, 0.4) is 0 Å². The van der Waals surface area contributed by atoms with Gasteiger partial charge in [-0.05, 0) is 86.9 Å². The van der Waals surface area contributed by atoms with Gasteiger partial charge in [-0.25, -0.2) is 4.59 Å². The Morgan fingerprint density at radius 2 is 1.81 bits per heavy atom. The van der Waals surface area contributed by atoms with Crippen molar-refractivity contribution in [3.63, 3.8) is 0 Å². The van der Waals surface area contributed by atoms with Crippen molar-refractivity contribution in [2.24, 2.45) is 39.6 Å². The Balaban J connectivity index is 1.62. The SMILES string of the molecule is C/C(=N/[N+](C)(C)C)[C@H]1CC[C@H]2[C@@H]3CC=C4C[C@H](O)CC[C@]4(C)[C@H]3CC[C@]12C. The molecule has 0 amide bonds. The van der Waals surface area contributed by atoms with Gasteiger partial charge in [0.15, 0.2) is 0 Å². The van der Waals surface area contributed by atoms with Crippen molar-refractivity contribution in [2.75, 3.05) is 21.1 Å². The lowest BCUT2D eigenvalue weighted by Gasteiger charge is -2.58. The third-order valence-electron chi connectivity index (χ3n) is 9.04. The van der Waals surface area contributed by atoms with Crippen LogP contribution in [-0.2, 0) is 0 Å². The van der Waals surface area contributed by atoms with E-state index in [0.29, 0.717) is 21.3 Å². The number of rotatable bonds is 2. The molecule has 0 aliphatic heterocycles. The lowest BCUT2D eigenvalue weighted by atomic mass is 9.47. The molecular weight excluding hydrogens is 332 g/mol. The number of hydrogen-bond acceptors (Lipinski definition) is 2. The van der Waals surface area contributed by atoms with E-state index < -0.39 is 0 Å². The molecule has 152 valence electrons. The summed E-state index contributed by atoms with van der Waals surface area (Å²) in [6.45, 7) is 7.41. The molecule has 0 aromatic rings. The van der Waals surface area contributed by atoms with Crippen LogP contribution in [-0.4, -0.2) is 42.7 Å². The molecule has 0 saturated heterocycles. The summed E-state index contributed by atoms with van der Waals surface area (Å²) in [5.41, 5.74) is 3.75. The fourth-order valence-electron chi connectivity index (χ4n) is 7.87. The normalized spacial score (nSPS) is 47.7. The van der Waals surface area contributed by atoms with Crippen molar-refractivity contribution < 1.29 is 9.70 Å². The molecular formula is C24H41N2O+. The molecule has 4 rings (SSSR count). The molecule has 3 fully saturated rings. The van der Waals surface area contributed by atoms with Gasteiger partial charge >= 0.3 is 0 Å². The first kappa shape index (κ1) is 19.6. The lowest BCUT2D eigenvalue weighted by Crippen LogP contribution is -2.51. The Hall–Kier alpha value is -0.670. The molecule has 3 saturated carbocycles. The summed E-state index contributed by atoms with van der Waals surface area (Å²) in [6, 6.07) is 0. The molecule has 27 heavy (non-hydrogen) atoms. The van der Waals surface area contributed by atoms with E-state index in [0.717, 1.165) is 30.6 Å². The highest BCUT2D eigenvalue weighted by atomic mass is 16.3. The van der Waals surface area contributed by atoms with Crippen LogP contribution in [0.4, 0.5) is 0 Å². The zero-order chi connectivity index (χ0) is 19.6. The van der Waals surface area contributed by atoms with Gasteiger partial charge in [0.25, 0.3) is 0 Å². The molecule has 3 heteroatoms. The van der Waals surface area contributed by atoms with Crippen LogP contribution in [0.1, 0.15) is 72.1 Å². The Morgan fingerprint density at radius 3 is 2.52 bits per heavy atom. The summed E-state index contributed by atoms with van der Waals surface area (Å²) in [5.74, 6) is 3.18. The standard InChI is InChI=1S/C24H41N2O/c1-16(25-26(4,5)6)20-9-10-21-19-8-7-17-15-18(27)11-13-23(17,2)22(19)12-14-24(20,21)3/h7,18-22,27H,8-15H2,1-6H3/q+1/b25-16-/t18-,19+,20-,21+,22+,23+,24-/m1/s1. The number of aliphatic hydroxyl groups excluding tert-OH is 1. The van der Waals surface area contributed by atoms with Crippen LogP contribution in [0.15, 0.2) is 16.8 Å². The number of aliphatic hydroxyl groups is 1. The van der Waals surface area contributed by atoms with E-state index in [-0.39, 0.29) is 6.10 Å². The molecule has 0 aromatic carbocycles. The molecule has 0 heterocycles. The Morgan fingerprint density at radius 1 is 1.07 bits per heavy atom. The van der Waals surface area contributed by atoms with Gasteiger partial charge in [-0.1, -0.05) is 30.6 Å². The first-order chi connectivity index (χ1) is 12.5. The molecule has 0 bridgehead atoms. The molecule has 0 aromatic heterocycles. The second-order valence-electron chi connectivity index (χ2n) is 11.5. The summed E-state index contributed by atoms with van der Waals surface area (Å²) in [6.07, 6.45) is 12.3. The van der Waals surface area contributed by atoms with E-state index in [1.807, 2.05) is 0 Å². The van der Waals surface area contributed by atoms with Crippen LogP contribution in [0.2, 0.25) is 0 Å². The van der Waals surface area contributed by atoms with Crippen LogP contribution in [0, 0.1) is 34.5 Å². The number of fused-ring (bicyclic) bond motifs is 5. The van der Waals surface area contributed by atoms with Crippen LogP contribution in [0.5, 0.6) is 0 Å². The van der Waals surface area contributed by atoms with Gasteiger partial charge in [0, 0.05) is 5.92 Å². The molecule has 0 unspecified atom stereocenters. The Labute approximate surface area is 166 Å². The minimum Gasteiger partial charge on any atom is -0.393 e. The van der Waals surface area contributed by atoms with Crippen molar-refractivity contribution in [1.29, 1.82) is 0 Å². The zero-order valence-corrected chi connectivity index (χ0v) is 18.5. The molecule has 0 radical (unpaired) electrons. The zero-order valence-electron chi connectivity index (χ0n) is 18.5. The van der Waals surface area contributed by atoms with E-state index in [1.165, 1.54) is 44.2 Å². The highest BCUT2D eigenvalue weighted by Gasteiger charge is 2.59. The van der Waals surface area contributed by atoms with Crippen molar-refractivity contribution in [2.45, 2.75) is 78.2 Å². The first-order valence-electron chi connectivity index (χ1n) is 11.3. The van der Waals surface area contributed by atoms with Gasteiger partial charge in [-0.2, -0.15) is 0 Å². The third-order valence-corrected chi connectivity index (χ3v) is 9.04. The van der Waals surface area contributed by atoms with Gasteiger partial charge in [0.05, 0.1) is 33.0 Å². The highest BCUT2D eigenvalue weighted by Crippen LogP contribution is 2.66. The second kappa shape index (κ2) is 6.42. The fourth-order valence-corrected chi connectivity index (χ4v) is 7.87. The van der Waals surface area contributed by atoms with Gasteiger partial charge in [0.2, 0.25) is 0 Å². The van der Waals surface area contributed by atoms with E-state index in [1.54, 1.807) is 5.57 Å². The number of nitrogens with zero attached hydrogens (tertiary/aromatic N) is 2. The maximum Gasteiger partial charge on any atom is 0.0923 e. The molecule has 3 nitrogen and oxygen atoms in total. The predicted octanol–water partition coefficient (Wildman–Crippen LogP) is 5.01.